The van der Waals surface area contributed by atoms with E-state index in [0.29, 0.717) is 0 Å². The fourth-order valence-corrected chi connectivity index (χ4v) is 10.1. The maximum atomic E-state index is 6.41. The van der Waals surface area contributed by atoms with Crippen molar-refractivity contribution >= 4 is 98.9 Å². The number of rotatable bonds is 4. The van der Waals surface area contributed by atoms with Crippen molar-refractivity contribution in [3.05, 3.63) is 168 Å². The summed E-state index contributed by atoms with van der Waals surface area (Å²) in [5.74, 6) is 0. The standard InChI is InChI=1S/C48H30N2OS/c1-5-13-42-34(9-1)40-25-30(26-41-35-10-2-6-14-43(35)50(42)48(40)41)29-17-19-31(20-18-29)49(32-22-24-47-39(27-32)38-12-4-8-16-46(38)52-47)33-21-23-37-36-11-3-7-15-44(36)51-45(37)28-33/h1-26,28,32H,27H2. The molecule has 4 heteroatoms. The Balaban J connectivity index is 1.01. The third-order valence-electron chi connectivity index (χ3n) is 11.3. The van der Waals surface area contributed by atoms with Crippen LogP contribution < -0.4 is 4.90 Å². The quantitative estimate of drug-likeness (QED) is 0.184. The molecule has 244 valence electrons. The summed E-state index contributed by atoms with van der Waals surface area (Å²) in [5, 5.41) is 8.85. The smallest absolute Gasteiger partial charge is 0.137 e. The van der Waals surface area contributed by atoms with Crippen molar-refractivity contribution in [2.75, 3.05) is 4.90 Å². The van der Waals surface area contributed by atoms with Crippen molar-refractivity contribution < 1.29 is 4.42 Å². The van der Waals surface area contributed by atoms with Gasteiger partial charge in [-0.1, -0.05) is 91.0 Å². The summed E-state index contributed by atoms with van der Waals surface area (Å²) in [4.78, 5) is 3.86. The first-order valence-electron chi connectivity index (χ1n) is 17.9. The molecule has 0 saturated heterocycles. The van der Waals surface area contributed by atoms with Crippen molar-refractivity contribution in [1.82, 2.24) is 4.40 Å². The summed E-state index contributed by atoms with van der Waals surface area (Å²) in [6.07, 6.45) is 5.65. The highest BCUT2D eigenvalue weighted by molar-refractivity contribution is 7.20. The number of hydrogen-bond acceptors (Lipinski definition) is 3. The lowest BCUT2D eigenvalue weighted by Gasteiger charge is -2.34. The summed E-state index contributed by atoms with van der Waals surface area (Å²) in [6, 6.07) is 55.6. The van der Waals surface area contributed by atoms with Crippen LogP contribution in [-0.4, -0.2) is 10.4 Å². The molecule has 1 unspecified atom stereocenters. The summed E-state index contributed by atoms with van der Waals surface area (Å²) in [5.41, 5.74) is 11.8. The first-order valence-corrected chi connectivity index (χ1v) is 18.7. The van der Waals surface area contributed by atoms with Gasteiger partial charge in [-0.15, -0.1) is 11.3 Å². The Hall–Kier alpha value is -6.36. The number of benzene rings is 7. The lowest BCUT2D eigenvalue weighted by molar-refractivity contribution is 0.668. The molecule has 0 N–H and O–H groups in total. The van der Waals surface area contributed by atoms with E-state index in [4.69, 9.17) is 4.42 Å². The summed E-state index contributed by atoms with van der Waals surface area (Å²) >= 11 is 1.89. The van der Waals surface area contributed by atoms with Crippen LogP contribution in [0, 0.1) is 0 Å². The number of nitrogens with zero attached hydrogens (tertiary/aromatic N) is 2. The Kier molecular flexibility index (Phi) is 5.77. The highest BCUT2D eigenvalue weighted by Gasteiger charge is 2.26. The molecule has 0 radical (unpaired) electrons. The molecular weight excluding hydrogens is 653 g/mol. The molecule has 0 fully saturated rings. The molecular formula is C48H30N2OS. The normalized spacial score (nSPS) is 14.6. The van der Waals surface area contributed by atoms with E-state index in [1.54, 1.807) is 0 Å². The zero-order valence-corrected chi connectivity index (χ0v) is 28.9. The van der Waals surface area contributed by atoms with Crippen LogP contribution in [0.1, 0.15) is 10.4 Å². The SMILES string of the molecule is C1=CC(N(c2ccc(-c3cc4c5ccccc5n5c6ccccc6c(c3)c45)cc2)c2ccc3c(c2)oc2ccccc23)Cc2c1sc1ccccc21. The summed E-state index contributed by atoms with van der Waals surface area (Å²) in [6.45, 7) is 0. The molecule has 12 rings (SSSR count). The lowest BCUT2D eigenvalue weighted by Crippen LogP contribution is -2.32. The van der Waals surface area contributed by atoms with Gasteiger partial charge in [0.2, 0.25) is 0 Å². The van der Waals surface area contributed by atoms with E-state index in [2.05, 4.69) is 167 Å². The van der Waals surface area contributed by atoms with E-state index < -0.39 is 0 Å². The molecule has 11 aromatic rings. The highest BCUT2D eigenvalue weighted by atomic mass is 32.1. The van der Waals surface area contributed by atoms with Crippen LogP contribution in [0.5, 0.6) is 0 Å². The van der Waals surface area contributed by atoms with Crippen LogP contribution in [-0.2, 0) is 6.42 Å². The van der Waals surface area contributed by atoms with Crippen molar-refractivity contribution in [2.45, 2.75) is 12.5 Å². The third kappa shape index (κ3) is 3.96. The average molecular weight is 683 g/mol. The molecule has 4 heterocycles. The molecule has 7 aromatic carbocycles. The molecule has 0 aliphatic heterocycles. The summed E-state index contributed by atoms with van der Waals surface area (Å²) < 4.78 is 10.2. The largest absolute Gasteiger partial charge is 0.456 e. The van der Waals surface area contributed by atoms with Gasteiger partial charge >= 0.3 is 0 Å². The fraction of sp³-hybridized carbons (Fsp3) is 0.0417. The molecule has 0 saturated carbocycles. The third-order valence-corrected chi connectivity index (χ3v) is 12.4. The zero-order chi connectivity index (χ0) is 33.9. The van der Waals surface area contributed by atoms with Crippen LogP contribution in [0.25, 0.3) is 87.3 Å². The Morgan fingerprint density at radius 3 is 1.94 bits per heavy atom. The van der Waals surface area contributed by atoms with Crippen LogP contribution >= 0.6 is 11.3 Å². The number of furan rings is 1. The Morgan fingerprint density at radius 2 is 1.17 bits per heavy atom. The monoisotopic (exact) mass is 682 g/mol. The van der Waals surface area contributed by atoms with Gasteiger partial charge in [-0.05, 0) is 95.2 Å². The molecule has 0 spiro atoms. The second-order valence-electron chi connectivity index (χ2n) is 14.1. The van der Waals surface area contributed by atoms with Crippen LogP contribution in [0.3, 0.4) is 0 Å². The Bertz CT molecular complexity index is 3150. The second kappa shape index (κ2) is 10.6. The highest BCUT2D eigenvalue weighted by Crippen LogP contribution is 2.44. The first-order chi connectivity index (χ1) is 25.8. The topological polar surface area (TPSA) is 20.8 Å². The van der Waals surface area contributed by atoms with Crippen LogP contribution in [0.2, 0.25) is 0 Å². The Labute approximate surface area is 303 Å². The number of anilines is 2. The number of aromatic nitrogens is 1. The van der Waals surface area contributed by atoms with Gasteiger partial charge in [-0.3, -0.25) is 0 Å². The van der Waals surface area contributed by atoms with Gasteiger partial charge in [0.1, 0.15) is 11.2 Å². The van der Waals surface area contributed by atoms with Crippen molar-refractivity contribution in [3.63, 3.8) is 0 Å². The zero-order valence-electron chi connectivity index (χ0n) is 28.1. The first kappa shape index (κ1) is 28.3. The predicted octanol–water partition coefficient (Wildman–Crippen LogP) is 13.4. The molecule has 3 nitrogen and oxygen atoms in total. The fourth-order valence-electron chi connectivity index (χ4n) is 8.94. The summed E-state index contributed by atoms with van der Waals surface area (Å²) in [7, 11) is 0. The number of para-hydroxylation sites is 3. The van der Waals surface area contributed by atoms with Crippen LogP contribution in [0.4, 0.5) is 11.4 Å². The van der Waals surface area contributed by atoms with Gasteiger partial charge in [-0.2, -0.15) is 0 Å². The second-order valence-corrected chi connectivity index (χ2v) is 15.1. The Morgan fingerprint density at radius 1 is 0.538 bits per heavy atom. The lowest BCUT2D eigenvalue weighted by atomic mass is 9.95. The van der Waals surface area contributed by atoms with Gasteiger partial charge in [0.05, 0.1) is 22.6 Å². The van der Waals surface area contributed by atoms with Crippen molar-refractivity contribution in [2.24, 2.45) is 0 Å². The molecule has 0 amide bonds. The molecule has 0 bridgehead atoms. The van der Waals surface area contributed by atoms with Gasteiger partial charge in [0, 0.05) is 59.3 Å². The van der Waals surface area contributed by atoms with Gasteiger partial charge < -0.3 is 13.7 Å². The number of hydrogen-bond donors (Lipinski definition) is 0. The van der Waals surface area contributed by atoms with Gasteiger partial charge in [0.15, 0.2) is 0 Å². The van der Waals surface area contributed by atoms with E-state index in [-0.39, 0.29) is 6.04 Å². The maximum Gasteiger partial charge on any atom is 0.137 e. The molecule has 1 aliphatic rings. The number of fused-ring (bicyclic) bond motifs is 12. The average Bonchev–Trinajstić information content (AvgIpc) is 3.95. The van der Waals surface area contributed by atoms with E-state index in [9.17, 15) is 0 Å². The number of thiophene rings is 1. The maximum absolute atomic E-state index is 6.41. The van der Waals surface area contributed by atoms with E-state index >= 15 is 0 Å². The van der Waals surface area contributed by atoms with E-state index in [1.165, 1.54) is 69.7 Å². The minimum absolute atomic E-state index is 0.137. The van der Waals surface area contributed by atoms with Crippen molar-refractivity contribution in [3.8, 4) is 11.1 Å². The minimum atomic E-state index is 0.137. The molecule has 52 heavy (non-hydrogen) atoms. The van der Waals surface area contributed by atoms with E-state index in [0.717, 1.165) is 39.7 Å². The van der Waals surface area contributed by atoms with E-state index in [1.807, 2.05) is 17.4 Å². The molecule has 4 aromatic heterocycles. The van der Waals surface area contributed by atoms with Crippen LogP contribution in [0.15, 0.2) is 162 Å². The van der Waals surface area contributed by atoms with Gasteiger partial charge in [-0.25, -0.2) is 0 Å². The van der Waals surface area contributed by atoms with Gasteiger partial charge in [0.25, 0.3) is 0 Å². The molecule has 1 aliphatic carbocycles. The molecule has 1 atom stereocenters. The minimum Gasteiger partial charge on any atom is -0.456 e. The predicted molar refractivity (Wildman–Crippen MR) is 221 cm³/mol. The van der Waals surface area contributed by atoms with Crippen molar-refractivity contribution in [1.29, 1.82) is 0 Å².